The van der Waals surface area contributed by atoms with Crippen LogP contribution in [0.25, 0.3) is 0 Å². The zero-order valence-corrected chi connectivity index (χ0v) is 12.4. The van der Waals surface area contributed by atoms with Crippen molar-refractivity contribution in [2.45, 2.75) is 19.1 Å². The predicted octanol–water partition coefficient (Wildman–Crippen LogP) is 2.84. The molecule has 1 aromatic heterocycles. The summed E-state index contributed by atoms with van der Waals surface area (Å²) >= 11 is 3.41. The fraction of sp³-hybridized carbons (Fsp3) is 0.267. The van der Waals surface area contributed by atoms with Crippen LogP contribution < -0.4 is 5.32 Å². The summed E-state index contributed by atoms with van der Waals surface area (Å²) in [5.41, 5.74) is 0.951. The molecule has 1 aromatic carbocycles. The molecule has 0 saturated heterocycles. The van der Waals surface area contributed by atoms with Gasteiger partial charge in [0.15, 0.2) is 0 Å². The number of pyridine rings is 1. The molecule has 1 heterocycles. The van der Waals surface area contributed by atoms with E-state index in [1.165, 1.54) is 5.56 Å². The number of hydrogen-bond acceptors (Lipinski definition) is 3. The first kappa shape index (κ1) is 14.2. The molecule has 100 valence electrons. The molecule has 0 spiro atoms. The lowest BCUT2D eigenvalue weighted by atomic mass is 10.1. The second-order valence-corrected chi connectivity index (χ2v) is 5.53. The normalized spacial score (nSPS) is 14.1. The first-order chi connectivity index (χ1) is 9.08. The van der Waals surface area contributed by atoms with Gasteiger partial charge in [0.2, 0.25) is 0 Å². The van der Waals surface area contributed by atoms with Crippen molar-refractivity contribution in [2.24, 2.45) is 0 Å². The fourth-order valence-electron chi connectivity index (χ4n) is 1.85. The Kier molecular flexibility index (Phi) is 4.69. The Bertz CT molecular complexity index is 511. The monoisotopic (exact) mass is 320 g/mol. The summed E-state index contributed by atoms with van der Waals surface area (Å²) in [5, 5.41) is 13.5. The minimum absolute atomic E-state index is 0.698. The first-order valence-electron chi connectivity index (χ1n) is 6.20. The smallest absolute Gasteiger partial charge is 0.140 e. The van der Waals surface area contributed by atoms with Crippen LogP contribution in [0.3, 0.4) is 0 Å². The second-order valence-electron chi connectivity index (χ2n) is 4.62. The zero-order chi connectivity index (χ0) is 13.7. The van der Waals surface area contributed by atoms with Crippen LogP contribution >= 0.6 is 15.9 Å². The molecule has 2 N–H and O–H groups in total. The molecule has 4 heteroatoms. The van der Waals surface area contributed by atoms with Gasteiger partial charge in [-0.2, -0.15) is 0 Å². The molecule has 0 aliphatic carbocycles. The van der Waals surface area contributed by atoms with E-state index in [2.05, 4.69) is 38.4 Å². The molecule has 0 radical (unpaired) electrons. The molecule has 0 bridgehead atoms. The molecule has 1 atom stereocenters. The maximum Gasteiger partial charge on any atom is 0.140 e. The molecule has 0 amide bonds. The molecule has 0 saturated carbocycles. The maximum absolute atomic E-state index is 10.3. The summed E-state index contributed by atoms with van der Waals surface area (Å²) in [7, 11) is 0. The highest BCUT2D eigenvalue weighted by Gasteiger charge is 2.21. The molecule has 1 unspecified atom stereocenters. The number of benzene rings is 1. The van der Waals surface area contributed by atoms with Crippen LogP contribution in [0.5, 0.6) is 0 Å². The minimum atomic E-state index is -1.05. The molecular weight excluding hydrogens is 304 g/mol. The molecule has 19 heavy (non-hydrogen) atoms. The van der Waals surface area contributed by atoms with Crippen LogP contribution in [-0.4, -0.2) is 16.6 Å². The zero-order valence-electron chi connectivity index (χ0n) is 10.8. The van der Waals surface area contributed by atoms with E-state index in [4.69, 9.17) is 0 Å². The van der Waals surface area contributed by atoms with E-state index >= 15 is 0 Å². The molecule has 2 rings (SSSR count). The summed E-state index contributed by atoms with van der Waals surface area (Å²) < 4.78 is 1.08. The highest BCUT2D eigenvalue weighted by atomic mass is 79.9. The SMILES string of the molecule is CC(O)(NCCc1ccc(Br)cc1)c1cccnc1. The van der Waals surface area contributed by atoms with E-state index in [0.29, 0.717) is 6.54 Å². The largest absolute Gasteiger partial charge is 0.372 e. The van der Waals surface area contributed by atoms with Crippen molar-refractivity contribution in [2.75, 3.05) is 6.54 Å². The van der Waals surface area contributed by atoms with E-state index in [1.54, 1.807) is 19.3 Å². The summed E-state index contributed by atoms with van der Waals surface area (Å²) in [5.74, 6) is 0. The van der Waals surface area contributed by atoms with Crippen LogP contribution in [0.2, 0.25) is 0 Å². The van der Waals surface area contributed by atoms with Crippen LogP contribution in [0.1, 0.15) is 18.1 Å². The predicted molar refractivity (Wildman–Crippen MR) is 79.7 cm³/mol. The minimum Gasteiger partial charge on any atom is -0.372 e. The van der Waals surface area contributed by atoms with Crippen molar-refractivity contribution < 1.29 is 5.11 Å². The molecular formula is C15H17BrN2O. The Morgan fingerprint density at radius 2 is 2.00 bits per heavy atom. The third-order valence-corrected chi connectivity index (χ3v) is 3.55. The van der Waals surface area contributed by atoms with Crippen LogP contribution in [0.4, 0.5) is 0 Å². The van der Waals surface area contributed by atoms with Crippen molar-refractivity contribution in [3.05, 3.63) is 64.4 Å². The lowest BCUT2D eigenvalue weighted by Crippen LogP contribution is -2.40. The highest BCUT2D eigenvalue weighted by Crippen LogP contribution is 2.16. The standard InChI is InChI=1S/C15H17BrN2O/c1-15(19,13-3-2-9-17-11-13)18-10-8-12-4-6-14(16)7-5-12/h2-7,9,11,18-19H,8,10H2,1H3. The molecule has 0 aliphatic heterocycles. The van der Waals surface area contributed by atoms with Crippen molar-refractivity contribution in [1.82, 2.24) is 10.3 Å². The van der Waals surface area contributed by atoms with E-state index in [1.807, 2.05) is 24.3 Å². The fourth-order valence-corrected chi connectivity index (χ4v) is 2.12. The number of halogens is 1. The van der Waals surface area contributed by atoms with Gasteiger partial charge in [-0.3, -0.25) is 10.3 Å². The van der Waals surface area contributed by atoms with Crippen molar-refractivity contribution in [1.29, 1.82) is 0 Å². The van der Waals surface area contributed by atoms with Gasteiger partial charge in [0, 0.05) is 29.0 Å². The Balaban J connectivity index is 1.90. The third-order valence-electron chi connectivity index (χ3n) is 3.02. The molecule has 3 nitrogen and oxygen atoms in total. The summed E-state index contributed by atoms with van der Waals surface area (Å²) in [4.78, 5) is 4.02. The van der Waals surface area contributed by atoms with Gasteiger partial charge in [-0.05, 0) is 37.1 Å². The van der Waals surface area contributed by atoms with Gasteiger partial charge in [0.05, 0.1) is 0 Å². The topological polar surface area (TPSA) is 45.1 Å². The van der Waals surface area contributed by atoms with Crippen LogP contribution in [0.15, 0.2) is 53.3 Å². The summed E-state index contributed by atoms with van der Waals surface area (Å²) in [6, 6.07) is 11.9. The van der Waals surface area contributed by atoms with Gasteiger partial charge in [-0.15, -0.1) is 0 Å². The lowest BCUT2D eigenvalue weighted by molar-refractivity contribution is 0.0203. The van der Waals surface area contributed by atoms with Gasteiger partial charge >= 0.3 is 0 Å². The van der Waals surface area contributed by atoms with Crippen molar-refractivity contribution in [3.8, 4) is 0 Å². The Morgan fingerprint density at radius 3 is 2.63 bits per heavy atom. The average Bonchev–Trinajstić information content (AvgIpc) is 2.42. The summed E-state index contributed by atoms with van der Waals surface area (Å²) in [6.45, 7) is 2.44. The Labute approximate surface area is 121 Å². The lowest BCUT2D eigenvalue weighted by Gasteiger charge is -2.25. The number of aromatic nitrogens is 1. The summed E-state index contributed by atoms with van der Waals surface area (Å²) in [6.07, 6.45) is 4.23. The highest BCUT2D eigenvalue weighted by molar-refractivity contribution is 9.10. The number of nitrogens with zero attached hydrogens (tertiary/aromatic N) is 1. The van der Waals surface area contributed by atoms with Crippen LogP contribution in [0, 0.1) is 0 Å². The number of aliphatic hydroxyl groups is 1. The molecule has 0 aliphatic rings. The van der Waals surface area contributed by atoms with E-state index in [-0.39, 0.29) is 0 Å². The third kappa shape index (κ3) is 4.13. The van der Waals surface area contributed by atoms with E-state index in [9.17, 15) is 5.11 Å². The average molecular weight is 321 g/mol. The second kappa shape index (κ2) is 6.28. The Morgan fingerprint density at radius 1 is 1.26 bits per heavy atom. The quantitative estimate of drug-likeness (QED) is 0.833. The number of rotatable bonds is 5. The van der Waals surface area contributed by atoms with Gasteiger partial charge in [0.25, 0.3) is 0 Å². The Hall–Kier alpha value is -1.23. The van der Waals surface area contributed by atoms with Crippen molar-refractivity contribution in [3.63, 3.8) is 0 Å². The van der Waals surface area contributed by atoms with E-state index in [0.717, 1.165) is 16.5 Å². The van der Waals surface area contributed by atoms with Gasteiger partial charge in [-0.1, -0.05) is 34.1 Å². The molecule has 0 fully saturated rings. The van der Waals surface area contributed by atoms with Crippen molar-refractivity contribution >= 4 is 15.9 Å². The maximum atomic E-state index is 10.3. The van der Waals surface area contributed by atoms with Gasteiger partial charge < -0.3 is 5.11 Å². The van der Waals surface area contributed by atoms with Gasteiger partial charge in [-0.25, -0.2) is 0 Å². The molecule has 2 aromatic rings. The first-order valence-corrected chi connectivity index (χ1v) is 6.99. The van der Waals surface area contributed by atoms with Crippen LogP contribution in [-0.2, 0) is 12.1 Å². The van der Waals surface area contributed by atoms with E-state index < -0.39 is 5.72 Å². The number of hydrogen-bond donors (Lipinski definition) is 2. The number of nitrogens with one attached hydrogen (secondary N) is 1. The van der Waals surface area contributed by atoms with Gasteiger partial charge in [0.1, 0.15) is 5.72 Å².